The van der Waals surface area contributed by atoms with Crippen LogP contribution in [0.3, 0.4) is 0 Å². The first kappa shape index (κ1) is 18.6. The maximum Gasteiger partial charge on any atom is 0.242 e. The number of nitrogens with one attached hydrogen (secondary N) is 1. The first-order valence-corrected chi connectivity index (χ1v) is 9.99. The van der Waals surface area contributed by atoms with Gasteiger partial charge in [0, 0.05) is 19.8 Å². The van der Waals surface area contributed by atoms with Gasteiger partial charge in [0.05, 0.1) is 10.6 Å². The zero-order valence-corrected chi connectivity index (χ0v) is 15.8. The molecule has 1 amide bonds. The third kappa shape index (κ3) is 4.44. The van der Waals surface area contributed by atoms with Gasteiger partial charge in [0.1, 0.15) is 0 Å². The Morgan fingerprint density at radius 3 is 2.67 bits per heavy atom. The first-order chi connectivity index (χ1) is 11.2. The molecule has 2 rings (SSSR count). The van der Waals surface area contributed by atoms with Crippen LogP contribution >= 0.6 is 23.1 Å². The molecule has 2 aromatic rings. The van der Waals surface area contributed by atoms with Crippen molar-refractivity contribution in [3.63, 3.8) is 0 Å². The van der Waals surface area contributed by atoms with Gasteiger partial charge in [-0.25, -0.2) is 12.7 Å². The summed E-state index contributed by atoms with van der Waals surface area (Å²) < 4.78 is 26.3. The summed E-state index contributed by atoms with van der Waals surface area (Å²) in [4.78, 5) is 12.2. The Hall–Kier alpha value is -1.69. The molecular weight excluding hydrogens is 370 g/mol. The lowest BCUT2D eigenvalue weighted by Crippen LogP contribution is -2.23. The van der Waals surface area contributed by atoms with E-state index in [4.69, 9.17) is 5.73 Å². The summed E-state index contributed by atoms with van der Waals surface area (Å²) in [6, 6.07) is 4.77. The van der Waals surface area contributed by atoms with Crippen molar-refractivity contribution in [2.75, 3.05) is 30.9 Å². The van der Waals surface area contributed by atoms with Gasteiger partial charge in [-0.15, -0.1) is 10.2 Å². The number of aromatic nitrogens is 2. The number of hydrogen-bond acceptors (Lipinski definition) is 8. The Bertz CT molecular complexity index is 848. The van der Waals surface area contributed by atoms with Crippen LogP contribution in [-0.2, 0) is 14.8 Å². The Kier molecular flexibility index (Phi) is 5.80. The quantitative estimate of drug-likeness (QED) is 0.719. The molecule has 1 aromatic heterocycles. The van der Waals surface area contributed by atoms with E-state index in [-0.39, 0.29) is 16.6 Å². The summed E-state index contributed by atoms with van der Waals surface area (Å²) in [5.74, 6) is -0.149. The molecule has 24 heavy (non-hydrogen) atoms. The fraction of sp³-hybridized carbons (Fsp3) is 0.308. The number of carbonyl (C=O) groups is 1. The second-order valence-corrected chi connectivity index (χ2v) is 9.36. The van der Waals surface area contributed by atoms with Crippen LogP contribution in [0.25, 0.3) is 0 Å². The number of rotatable bonds is 6. The zero-order chi connectivity index (χ0) is 17.9. The minimum atomic E-state index is -3.57. The van der Waals surface area contributed by atoms with Gasteiger partial charge in [-0.05, 0) is 24.6 Å². The summed E-state index contributed by atoms with van der Waals surface area (Å²) in [6.07, 6.45) is 0. The second-order valence-electron chi connectivity index (χ2n) is 5.01. The number of nitrogens with two attached hydrogens (primary N) is 1. The Balaban J connectivity index is 2.08. The fourth-order valence-corrected chi connectivity index (χ4v) is 4.34. The summed E-state index contributed by atoms with van der Waals surface area (Å²) in [7, 11) is -0.647. The van der Waals surface area contributed by atoms with Crippen LogP contribution in [0, 0.1) is 6.92 Å². The summed E-state index contributed by atoms with van der Waals surface area (Å²) in [5.41, 5.74) is 6.51. The van der Waals surface area contributed by atoms with Crippen LogP contribution in [-0.4, -0.2) is 48.7 Å². The normalized spacial score (nSPS) is 11.7. The highest BCUT2D eigenvalue weighted by Crippen LogP contribution is 2.25. The van der Waals surface area contributed by atoms with Gasteiger partial charge in [0.2, 0.25) is 21.1 Å². The van der Waals surface area contributed by atoms with Crippen molar-refractivity contribution in [1.82, 2.24) is 14.5 Å². The summed E-state index contributed by atoms with van der Waals surface area (Å²) in [6.45, 7) is 1.71. The molecule has 0 saturated carbocycles. The van der Waals surface area contributed by atoms with Gasteiger partial charge >= 0.3 is 0 Å². The van der Waals surface area contributed by atoms with Crippen molar-refractivity contribution < 1.29 is 13.2 Å². The smallest absolute Gasteiger partial charge is 0.242 e. The van der Waals surface area contributed by atoms with Crippen molar-refractivity contribution in [2.24, 2.45) is 0 Å². The number of benzene rings is 1. The van der Waals surface area contributed by atoms with Crippen LogP contribution in [0.2, 0.25) is 0 Å². The molecular formula is C13H17N5O3S3. The highest BCUT2D eigenvalue weighted by molar-refractivity contribution is 8.01. The highest BCUT2D eigenvalue weighted by atomic mass is 32.2. The van der Waals surface area contributed by atoms with E-state index in [2.05, 4.69) is 15.5 Å². The average Bonchev–Trinajstić information content (AvgIpc) is 2.92. The number of nitrogens with zero attached hydrogens (tertiary/aromatic N) is 3. The summed E-state index contributed by atoms with van der Waals surface area (Å²) >= 11 is 2.41. The van der Waals surface area contributed by atoms with E-state index in [1.165, 1.54) is 43.3 Å². The number of nitrogen functional groups attached to an aromatic ring is 1. The molecule has 0 atom stereocenters. The van der Waals surface area contributed by atoms with Crippen LogP contribution in [0.1, 0.15) is 5.56 Å². The molecule has 11 heteroatoms. The summed E-state index contributed by atoms with van der Waals surface area (Å²) in [5, 5.41) is 10.5. The van der Waals surface area contributed by atoms with Gasteiger partial charge in [0.25, 0.3) is 0 Å². The van der Waals surface area contributed by atoms with E-state index in [0.717, 1.165) is 4.31 Å². The average molecular weight is 388 g/mol. The third-order valence-corrected chi connectivity index (χ3v) is 6.82. The molecule has 3 N–H and O–H groups in total. The topological polar surface area (TPSA) is 118 Å². The van der Waals surface area contributed by atoms with Crippen LogP contribution in [0.15, 0.2) is 27.4 Å². The lowest BCUT2D eigenvalue weighted by atomic mass is 10.2. The van der Waals surface area contributed by atoms with Crippen molar-refractivity contribution in [3.05, 3.63) is 23.8 Å². The van der Waals surface area contributed by atoms with Crippen LogP contribution < -0.4 is 11.1 Å². The van der Waals surface area contributed by atoms with Gasteiger partial charge in [0.15, 0.2) is 4.34 Å². The number of anilines is 2. The molecule has 1 aromatic carbocycles. The standard InChI is InChI=1S/C13H17N5O3S3/c1-8-4-5-9(6-10(8)24(20,21)18(2)3)15-11(19)7-22-13-17-16-12(14)23-13/h4-6H,7H2,1-3H3,(H2,14,16)(H,15,19). The minimum Gasteiger partial charge on any atom is -0.374 e. The van der Waals surface area contributed by atoms with Crippen LogP contribution in [0.4, 0.5) is 10.8 Å². The molecule has 0 fully saturated rings. The predicted octanol–water partition coefficient (Wildman–Crippen LogP) is 1.41. The molecule has 8 nitrogen and oxygen atoms in total. The number of carbonyl (C=O) groups excluding carboxylic acids is 1. The third-order valence-electron chi connectivity index (χ3n) is 2.98. The Labute approximate surface area is 148 Å². The monoisotopic (exact) mass is 387 g/mol. The van der Waals surface area contributed by atoms with E-state index < -0.39 is 10.0 Å². The van der Waals surface area contributed by atoms with Crippen molar-refractivity contribution in [3.8, 4) is 0 Å². The lowest BCUT2D eigenvalue weighted by molar-refractivity contribution is -0.113. The Morgan fingerprint density at radius 1 is 1.38 bits per heavy atom. The molecule has 0 aliphatic carbocycles. The molecule has 0 bridgehead atoms. The molecule has 0 aliphatic rings. The molecule has 0 unspecified atom stereocenters. The molecule has 0 spiro atoms. The van der Waals surface area contributed by atoms with Crippen LogP contribution in [0.5, 0.6) is 0 Å². The largest absolute Gasteiger partial charge is 0.374 e. The molecule has 0 saturated heterocycles. The molecule has 0 aliphatic heterocycles. The predicted molar refractivity (Wildman–Crippen MR) is 95.7 cm³/mol. The molecule has 1 heterocycles. The highest BCUT2D eigenvalue weighted by Gasteiger charge is 2.20. The number of aryl methyl sites for hydroxylation is 1. The van der Waals surface area contributed by atoms with Gasteiger partial charge in [-0.3, -0.25) is 4.79 Å². The first-order valence-electron chi connectivity index (χ1n) is 6.75. The molecule has 130 valence electrons. The van der Waals surface area contributed by atoms with Crippen molar-refractivity contribution in [2.45, 2.75) is 16.2 Å². The zero-order valence-electron chi connectivity index (χ0n) is 13.3. The fourth-order valence-electron chi connectivity index (χ4n) is 1.76. The van der Waals surface area contributed by atoms with E-state index in [1.807, 2.05) is 0 Å². The number of thioether (sulfide) groups is 1. The van der Waals surface area contributed by atoms with E-state index in [9.17, 15) is 13.2 Å². The van der Waals surface area contributed by atoms with E-state index in [1.54, 1.807) is 19.1 Å². The van der Waals surface area contributed by atoms with Gasteiger partial charge in [-0.1, -0.05) is 29.2 Å². The maximum absolute atomic E-state index is 12.3. The van der Waals surface area contributed by atoms with Gasteiger partial charge < -0.3 is 11.1 Å². The number of hydrogen-bond donors (Lipinski definition) is 2. The minimum absolute atomic E-state index is 0.123. The van der Waals surface area contributed by atoms with Crippen molar-refractivity contribution >= 4 is 49.8 Å². The number of amides is 1. The van der Waals surface area contributed by atoms with E-state index >= 15 is 0 Å². The second kappa shape index (κ2) is 7.47. The van der Waals surface area contributed by atoms with Gasteiger partial charge in [-0.2, -0.15) is 0 Å². The SMILES string of the molecule is Cc1ccc(NC(=O)CSc2nnc(N)s2)cc1S(=O)(=O)N(C)C. The molecule has 0 radical (unpaired) electrons. The maximum atomic E-state index is 12.3. The lowest BCUT2D eigenvalue weighted by Gasteiger charge is -2.15. The van der Waals surface area contributed by atoms with Crippen molar-refractivity contribution in [1.29, 1.82) is 0 Å². The number of sulfonamides is 1. The van der Waals surface area contributed by atoms with E-state index in [0.29, 0.717) is 20.7 Å². The Morgan fingerprint density at radius 2 is 2.08 bits per heavy atom.